The molecule has 8 heteroatoms. The van der Waals surface area contributed by atoms with E-state index in [4.69, 9.17) is 9.72 Å². The minimum absolute atomic E-state index is 0.135. The molecule has 0 spiro atoms. The summed E-state index contributed by atoms with van der Waals surface area (Å²) < 4.78 is 7.74. The van der Waals surface area contributed by atoms with Gasteiger partial charge in [-0.15, -0.1) is 0 Å². The van der Waals surface area contributed by atoms with Gasteiger partial charge in [0, 0.05) is 38.2 Å². The van der Waals surface area contributed by atoms with Gasteiger partial charge in [0.1, 0.15) is 12.4 Å². The van der Waals surface area contributed by atoms with Gasteiger partial charge in [-0.2, -0.15) is 0 Å². The highest BCUT2D eigenvalue weighted by molar-refractivity contribution is 5.67. The van der Waals surface area contributed by atoms with Crippen molar-refractivity contribution < 1.29 is 4.74 Å². The molecule has 1 atom stereocenters. The van der Waals surface area contributed by atoms with Gasteiger partial charge in [-0.1, -0.05) is 24.3 Å². The van der Waals surface area contributed by atoms with Crippen LogP contribution >= 0.6 is 0 Å². The molecule has 0 bridgehead atoms. The van der Waals surface area contributed by atoms with E-state index >= 15 is 0 Å². The number of pyridine rings is 1. The van der Waals surface area contributed by atoms with Gasteiger partial charge in [0.15, 0.2) is 0 Å². The molecule has 5 rings (SSSR count). The lowest BCUT2D eigenvalue weighted by molar-refractivity contribution is 0.0393. The van der Waals surface area contributed by atoms with Crippen molar-refractivity contribution in [2.75, 3.05) is 24.6 Å². The molecule has 1 aliphatic heterocycles. The van der Waals surface area contributed by atoms with Crippen molar-refractivity contribution >= 4 is 5.95 Å². The van der Waals surface area contributed by atoms with Crippen molar-refractivity contribution in [2.24, 2.45) is 7.05 Å². The molecule has 1 unspecified atom stereocenters. The van der Waals surface area contributed by atoms with E-state index in [1.54, 1.807) is 36.3 Å². The van der Waals surface area contributed by atoms with Crippen LogP contribution in [-0.2, 0) is 11.8 Å². The van der Waals surface area contributed by atoms with Gasteiger partial charge >= 0.3 is 0 Å². The summed E-state index contributed by atoms with van der Waals surface area (Å²) >= 11 is 0. The molecule has 32 heavy (non-hydrogen) atoms. The average molecular weight is 426 g/mol. The summed E-state index contributed by atoms with van der Waals surface area (Å²) in [5.74, 6) is 0.598. The number of ether oxygens (including phenoxy) is 1. The first-order chi connectivity index (χ1) is 15.7. The van der Waals surface area contributed by atoms with Crippen LogP contribution < -0.4 is 10.5 Å². The molecule has 160 valence electrons. The maximum atomic E-state index is 12.7. The van der Waals surface area contributed by atoms with Gasteiger partial charge in [-0.25, -0.2) is 15.0 Å². The highest BCUT2D eigenvalue weighted by atomic mass is 16.5. The van der Waals surface area contributed by atoms with Crippen LogP contribution in [0.4, 0.5) is 5.95 Å². The zero-order chi connectivity index (χ0) is 21.9. The second-order valence-corrected chi connectivity index (χ2v) is 7.56. The van der Waals surface area contributed by atoms with E-state index in [0.29, 0.717) is 37.0 Å². The van der Waals surface area contributed by atoms with Gasteiger partial charge in [0.2, 0.25) is 5.95 Å². The smallest absolute Gasteiger partial charge is 0.255 e. The molecule has 3 aromatic heterocycles. The van der Waals surface area contributed by atoms with E-state index in [9.17, 15) is 4.79 Å². The lowest BCUT2D eigenvalue weighted by Crippen LogP contribution is -2.41. The first-order valence-corrected chi connectivity index (χ1v) is 10.4. The molecule has 1 aliphatic rings. The van der Waals surface area contributed by atoms with E-state index < -0.39 is 0 Å². The SMILES string of the molecule is Cn1c(N2CCOC(c3ccccc3-c3ccncc3)C2)nc(-c2ccncn2)cc1=O. The number of benzene rings is 1. The lowest BCUT2D eigenvalue weighted by atomic mass is 9.96. The molecule has 4 aromatic rings. The summed E-state index contributed by atoms with van der Waals surface area (Å²) in [5.41, 5.74) is 4.31. The van der Waals surface area contributed by atoms with Crippen LogP contribution in [0.3, 0.4) is 0 Å². The number of nitrogens with zero attached hydrogens (tertiary/aromatic N) is 6. The highest BCUT2D eigenvalue weighted by Gasteiger charge is 2.27. The van der Waals surface area contributed by atoms with Crippen LogP contribution in [0.5, 0.6) is 0 Å². The molecular weight excluding hydrogens is 404 g/mol. The molecule has 0 aliphatic carbocycles. The Bertz CT molecular complexity index is 1280. The number of rotatable bonds is 4. The molecule has 8 nitrogen and oxygen atoms in total. The van der Waals surface area contributed by atoms with Crippen LogP contribution in [0.1, 0.15) is 11.7 Å². The van der Waals surface area contributed by atoms with E-state index in [-0.39, 0.29) is 11.7 Å². The van der Waals surface area contributed by atoms with Gasteiger partial charge in [-0.3, -0.25) is 14.3 Å². The van der Waals surface area contributed by atoms with Crippen molar-refractivity contribution in [3.05, 3.63) is 89.4 Å². The minimum Gasteiger partial charge on any atom is -0.370 e. The second-order valence-electron chi connectivity index (χ2n) is 7.56. The van der Waals surface area contributed by atoms with E-state index in [2.05, 4.69) is 32.0 Å². The van der Waals surface area contributed by atoms with Crippen molar-refractivity contribution in [2.45, 2.75) is 6.10 Å². The molecule has 0 N–H and O–H groups in total. The normalized spacial score (nSPS) is 16.2. The van der Waals surface area contributed by atoms with E-state index in [0.717, 1.165) is 16.7 Å². The Hall–Kier alpha value is -3.91. The van der Waals surface area contributed by atoms with Crippen LogP contribution in [0, 0.1) is 0 Å². The number of hydrogen-bond donors (Lipinski definition) is 0. The number of aromatic nitrogens is 5. The van der Waals surface area contributed by atoms with Gasteiger partial charge < -0.3 is 9.64 Å². The molecule has 1 saturated heterocycles. The van der Waals surface area contributed by atoms with Gasteiger partial charge in [0.25, 0.3) is 5.56 Å². The largest absolute Gasteiger partial charge is 0.370 e. The lowest BCUT2D eigenvalue weighted by Gasteiger charge is -2.35. The second kappa shape index (κ2) is 8.68. The Morgan fingerprint density at radius 3 is 2.62 bits per heavy atom. The minimum atomic E-state index is -0.160. The molecule has 1 fully saturated rings. The van der Waals surface area contributed by atoms with Crippen LogP contribution in [0.2, 0.25) is 0 Å². The molecule has 4 heterocycles. The highest BCUT2D eigenvalue weighted by Crippen LogP contribution is 2.32. The predicted octanol–water partition coefficient (Wildman–Crippen LogP) is 2.88. The quantitative estimate of drug-likeness (QED) is 0.496. The Labute approximate surface area is 185 Å². The molecule has 0 amide bonds. The van der Waals surface area contributed by atoms with Gasteiger partial charge in [-0.05, 0) is 34.9 Å². The van der Waals surface area contributed by atoms with Crippen LogP contribution in [-0.4, -0.2) is 44.2 Å². The zero-order valence-corrected chi connectivity index (χ0v) is 17.6. The van der Waals surface area contributed by atoms with E-state index in [1.807, 2.05) is 24.3 Å². The van der Waals surface area contributed by atoms with Crippen molar-refractivity contribution in [3.63, 3.8) is 0 Å². The number of anilines is 1. The summed E-state index contributed by atoms with van der Waals surface area (Å²) in [5, 5.41) is 0. The third-order valence-corrected chi connectivity index (χ3v) is 5.60. The summed E-state index contributed by atoms with van der Waals surface area (Å²) in [6, 6.07) is 15.5. The summed E-state index contributed by atoms with van der Waals surface area (Å²) in [6.07, 6.45) is 6.51. The third-order valence-electron chi connectivity index (χ3n) is 5.60. The number of hydrogen-bond acceptors (Lipinski definition) is 7. The fourth-order valence-corrected chi connectivity index (χ4v) is 3.97. The summed E-state index contributed by atoms with van der Waals surface area (Å²) in [6.45, 7) is 1.75. The fraction of sp³-hybridized carbons (Fsp3) is 0.208. The Morgan fingerprint density at radius 1 is 1.00 bits per heavy atom. The average Bonchev–Trinajstić information content (AvgIpc) is 2.87. The van der Waals surface area contributed by atoms with Gasteiger partial charge in [0.05, 0.1) is 24.5 Å². The standard InChI is InChI=1S/C24H22N6O2/c1-29-23(31)14-21(20-8-11-26-16-27-20)28-24(29)30-12-13-32-22(15-30)19-5-3-2-4-18(19)17-6-9-25-10-7-17/h2-11,14,16,22H,12-13,15H2,1H3. The third kappa shape index (κ3) is 3.88. The Balaban J connectivity index is 1.50. The fourth-order valence-electron chi connectivity index (χ4n) is 3.97. The summed E-state index contributed by atoms with van der Waals surface area (Å²) in [7, 11) is 1.74. The maximum absolute atomic E-state index is 12.7. The molecule has 0 radical (unpaired) electrons. The Morgan fingerprint density at radius 2 is 1.81 bits per heavy atom. The Kier molecular flexibility index (Phi) is 5.43. The monoisotopic (exact) mass is 426 g/mol. The molecule has 1 aromatic carbocycles. The number of morpholine rings is 1. The first-order valence-electron chi connectivity index (χ1n) is 10.4. The molecule has 0 saturated carbocycles. The van der Waals surface area contributed by atoms with Crippen LogP contribution in [0.25, 0.3) is 22.5 Å². The first kappa shape index (κ1) is 20.0. The summed E-state index contributed by atoms with van der Waals surface area (Å²) in [4.78, 5) is 31.9. The zero-order valence-electron chi connectivity index (χ0n) is 17.6. The topological polar surface area (TPSA) is 86.0 Å². The van der Waals surface area contributed by atoms with Crippen LogP contribution in [0.15, 0.2) is 78.2 Å². The predicted molar refractivity (Wildman–Crippen MR) is 121 cm³/mol. The van der Waals surface area contributed by atoms with Crippen molar-refractivity contribution in [3.8, 4) is 22.5 Å². The maximum Gasteiger partial charge on any atom is 0.255 e. The molecular formula is C24H22N6O2. The van der Waals surface area contributed by atoms with E-state index in [1.165, 1.54) is 12.4 Å². The van der Waals surface area contributed by atoms with Crippen molar-refractivity contribution in [1.29, 1.82) is 0 Å². The van der Waals surface area contributed by atoms with Crippen molar-refractivity contribution in [1.82, 2.24) is 24.5 Å².